The zero-order chi connectivity index (χ0) is 14.5. The lowest BCUT2D eigenvalue weighted by Crippen LogP contribution is -2.34. The molecule has 0 unspecified atom stereocenters. The Balaban J connectivity index is 2.66. The highest BCUT2D eigenvalue weighted by molar-refractivity contribution is 6.39. The third-order valence-corrected chi connectivity index (χ3v) is 3.80. The molecule has 1 rings (SSSR count). The second-order valence-corrected chi connectivity index (χ2v) is 6.43. The van der Waals surface area contributed by atoms with Crippen LogP contribution >= 0.6 is 34.8 Å². The predicted molar refractivity (Wildman–Crippen MR) is 82.5 cm³/mol. The monoisotopic (exact) mass is 321 g/mol. The quantitative estimate of drug-likeness (QED) is 0.751. The molecular weight excluding hydrogens is 305 g/mol. The van der Waals surface area contributed by atoms with Crippen LogP contribution in [0.3, 0.4) is 0 Å². The van der Waals surface area contributed by atoms with E-state index in [0.29, 0.717) is 28.0 Å². The minimum absolute atomic E-state index is 0.00170. The maximum absolute atomic E-state index is 12.1. The lowest BCUT2D eigenvalue weighted by molar-refractivity contribution is 0.0935. The van der Waals surface area contributed by atoms with Crippen LogP contribution in [0.4, 0.5) is 0 Å². The molecule has 106 valence electrons. The van der Waals surface area contributed by atoms with Gasteiger partial charge in [-0.3, -0.25) is 4.79 Å². The summed E-state index contributed by atoms with van der Waals surface area (Å²) in [6, 6.07) is 5.02. The molecule has 1 amide bonds. The van der Waals surface area contributed by atoms with Crippen LogP contribution in [-0.2, 0) is 0 Å². The van der Waals surface area contributed by atoms with E-state index in [1.54, 1.807) is 18.2 Å². The lowest BCUT2D eigenvalue weighted by atomic mass is 9.88. The highest BCUT2D eigenvalue weighted by atomic mass is 35.5. The summed E-state index contributed by atoms with van der Waals surface area (Å²) in [6.07, 6.45) is 1.88. The molecule has 0 saturated heterocycles. The zero-order valence-electron chi connectivity index (χ0n) is 11.1. The van der Waals surface area contributed by atoms with Gasteiger partial charge in [0.1, 0.15) is 0 Å². The molecule has 19 heavy (non-hydrogen) atoms. The average molecular weight is 323 g/mol. The van der Waals surface area contributed by atoms with Gasteiger partial charge in [-0.15, -0.1) is 11.6 Å². The Kier molecular flexibility index (Phi) is 6.45. The number of carbonyl (C=O) groups excluding carboxylic acids is 1. The van der Waals surface area contributed by atoms with E-state index in [4.69, 9.17) is 34.8 Å². The van der Waals surface area contributed by atoms with Crippen LogP contribution in [0.15, 0.2) is 18.2 Å². The third kappa shape index (κ3) is 5.21. The van der Waals surface area contributed by atoms with E-state index < -0.39 is 0 Å². The first kappa shape index (κ1) is 16.6. The van der Waals surface area contributed by atoms with Crippen LogP contribution in [0.5, 0.6) is 0 Å². The Morgan fingerprint density at radius 1 is 1.26 bits per heavy atom. The van der Waals surface area contributed by atoms with Crippen LogP contribution in [0, 0.1) is 5.41 Å². The van der Waals surface area contributed by atoms with Crippen molar-refractivity contribution in [3.63, 3.8) is 0 Å². The minimum Gasteiger partial charge on any atom is -0.351 e. The molecule has 0 aliphatic heterocycles. The maximum Gasteiger partial charge on any atom is 0.254 e. The van der Waals surface area contributed by atoms with E-state index in [-0.39, 0.29) is 11.3 Å². The average Bonchev–Trinajstić information content (AvgIpc) is 2.34. The van der Waals surface area contributed by atoms with Gasteiger partial charge in [0.15, 0.2) is 0 Å². The SMILES string of the molecule is CC(C)(CCCCl)CNC(=O)c1c(Cl)cccc1Cl. The zero-order valence-corrected chi connectivity index (χ0v) is 13.4. The van der Waals surface area contributed by atoms with Crippen LogP contribution in [0.1, 0.15) is 37.0 Å². The van der Waals surface area contributed by atoms with Crippen molar-refractivity contribution in [2.24, 2.45) is 5.41 Å². The molecule has 0 aliphatic carbocycles. The van der Waals surface area contributed by atoms with Gasteiger partial charge in [-0.1, -0.05) is 43.1 Å². The molecule has 5 heteroatoms. The number of alkyl halides is 1. The Bertz CT molecular complexity index is 426. The molecule has 1 aromatic carbocycles. The van der Waals surface area contributed by atoms with Crippen molar-refractivity contribution in [2.75, 3.05) is 12.4 Å². The predicted octanol–water partition coefficient (Wildman–Crippen LogP) is 4.77. The number of amides is 1. The van der Waals surface area contributed by atoms with Crippen molar-refractivity contribution in [1.82, 2.24) is 5.32 Å². The lowest BCUT2D eigenvalue weighted by Gasteiger charge is -2.24. The maximum atomic E-state index is 12.1. The van der Waals surface area contributed by atoms with Crippen LogP contribution < -0.4 is 5.32 Å². The van der Waals surface area contributed by atoms with E-state index in [0.717, 1.165) is 12.8 Å². The van der Waals surface area contributed by atoms with Crippen molar-refractivity contribution in [2.45, 2.75) is 26.7 Å². The first-order valence-corrected chi connectivity index (χ1v) is 7.44. The smallest absolute Gasteiger partial charge is 0.254 e. The fourth-order valence-corrected chi connectivity index (χ4v) is 2.46. The first-order valence-electron chi connectivity index (χ1n) is 6.15. The van der Waals surface area contributed by atoms with Gasteiger partial charge in [0.25, 0.3) is 5.91 Å². The Hall–Kier alpha value is -0.440. The molecule has 0 aliphatic rings. The molecule has 0 aromatic heterocycles. The highest BCUT2D eigenvalue weighted by Gasteiger charge is 2.20. The van der Waals surface area contributed by atoms with Gasteiger partial charge < -0.3 is 5.32 Å². The molecule has 2 nitrogen and oxygen atoms in total. The van der Waals surface area contributed by atoms with Gasteiger partial charge >= 0.3 is 0 Å². The second-order valence-electron chi connectivity index (χ2n) is 5.24. The molecule has 0 fully saturated rings. The summed E-state index contributed by atoms with van der Waals surface area (Å²) in [5, 5.41) is 3.61. The van der Waals surface area contributed by atoms with Gasteiger partial charge in [0, 0.05) is 12.4 Å². The van der Waals surface area contributed by atoms with Gasteiger partial charge in [0.2, 0.25) is 0 Å². The third-order valence-electron chi connectivity index (χ3n) is 2.90. The second kappa shape index (κ2) is 7.37. The van der Waals surface area contributed by atoms with Crippen molar-refractivity contribution >= 4 is 40.7 Å². The number of carbonyl (C=O) groups is 1. The summed E-state index contributed by atoms with van der Waals surface area (Å²) in [6.45, 7) is 4.74. The standard InChI is InChI=1S/C14H18Cl3NO/c1-14(2,7-4-8-15)9-18-13(19)12-10(16)5-3-6-11(12)17/h3,5-6H,4,7-9H2,1-2H3,(H,18,19). The fourth-order valence-electron chi connectivity index (χ4n) is 1.76. The van der Waals surface area contributed by atoms with Crippen molar-refractivity contribution in [1.29, 1.82) is 0 Å². The normalized spacial score (nSPS) is 11.4. The molecule has 1 aromatic rings. The Morgan fingerprint density at radius 2 is 1.84 bits per heavy atom. The molecule has 0 saturated carbocycles. The van der Waals surface area contributed by atoms with Crippen LogP contribution in [0.25, 0.3) is 0 Å². The topological polar surface area (TPSA) is 29.1 Å². The van der Waals surface area contributed by atoms with E-state index in [1.807, 2.05) is 0 Å². The number of hydrogen-bond acceptors (Lipinski definition) is 1. The summed E-state index contributed by atoms with van der Waals surface area (Å²) in [4.78, 5) is 12.1. The number of rotatable bonds is 6. The molecule has 0 spiro atoms. The van der Waals surface area contributed by atoms with Crippen molar-refractivity contribution in [3.8, 4) is 0 Å². The van der Waals surface area contributed by atoms with E-state index in [2.05, 4.69) is 19.2 Å². The molecule has 0 heterocycles. The number of benzene rings is 1. The summed E-state index contributed by atoms with van der Waals surface area (Å²) < 4.78 is 0. The van der Waals surface area contributed by atoms with Gasteiger partial charge in [-0.25, -0.2) is 0 Å². The molecular formula is C14H18Cl3NO. The van der Waals surface area contributed by atoms with E-state index in [1.165, 1.54) is 0 Å². The number of nitrogens with one attached hydrogen (secondary N) is 1. The van der Waals surface area contributed by atoms with Gasteiger partial charge in [0.05, 0.1) is 15.6 Å². The van der Waals surface area contributed by atoms with Gasteiger partial charge in [-0.05, 0) is 30.4 Å². The molecule has 0 radical (unpaired) electrons. The van der Waals surface area contributed by atoms with Crippen molar-refractivity contribution < 1.29 is 4.79 Å². The Morgan fingerprint density at radius 3 is 2.37 bits per heavy atom. The molecule has 1 N–H and O–H groups in total. The van der Waals surface area contributed by atoms with Crippen LogP contribution in [-0.4, -0.2) is 18.3 Å². The van der Waals surface area contributed by atoms with E-state index in [9.17, 15) is 4.79 Å². The van der Waals surface area contributed by atoms with Gasteiger partial charge in [-0.2, -0.15) is 0 Å². The summed E-state index contributed by atoms with van der Waals surface area (Å²) in [5.74, 6) is 0.391. The largest absolute Gasteiger partial charge is 0.351 e. The molecule has 0 bridgehead atoms. The number of halogens is 3. The van der Waals surface area contributed by atoms with Crippen molar-refractivity contribution in [3.05, 3.63) is 33.8 Å². The minimum atomic E-state index is -0.241. The number of hydrogen-bond donors (Lipinski definition) is 1. The summed E-state index contributed by atoms with van der Waals surface area (Å²) in [5.41, 5.74) is 0.331. The van der Waals surface area contributed by atoms with E-state index >= 15 is 0 Å². The first-order chi connectivity index (χ1) is 8.87. The Labute approximate surface area is 129 Å². The highest BCUT2D eigenvalue weighted by Crippen LogP contribution is 2.25. The fraction of sp³-hybridized carbons (Fsp3) is 0.500. The summed E-state index contributed by atoms with van der Waals surface area (Å²) in [7, 11) is 0. The summed E-state index contributed by atoms with van der Waals surface area (Å²) >= 11 is 17.7. The van der Waals surface area contributed by atoms with Crippen LogP contribution in [0.2, 0.25) is 10.0 Å². The molecule has 0 atom stereocenters.